The molecule has 6 nitrogen and oxygen atoms in total. The van der Waals surface area contributed by atoms with Gasteiger partial charge in [-0.2, -0.15) is 4.72 Å². The Hall–Kier alpha value is -2.22. The summed E-state index contributed by atoms with van der Waals surface area (Å²) in [5, 5.41) is 8.99. The smallest absolute Gasteiger partial charge is 0.264 e. The summed E-state index contributed by atoms with van der Waals surface area (Å²) in [5.41, 5.74) is 3.48. The first-order valence-corrected chi connectivity index (χ1v) is 10.6. The Morgan fingerprint density at radius 1 is 1.00 bits per heavy atom. The molecule has 0 radical (unpaired) electrons. The van der Waals surface area contributed by atoms with Gasteiger partial charge in [0.2, 0.25) is 10.0 Å². The third-order valence-electron chi connectivity index (χ3n) is 5.18. The van der Waals surface area contributed by atoms with Crippen molar-refractivity contribution in [2.24, 2.45) is 0 Å². The van der Waals surface area contributed by atoms with Gasteiger partial charge in [-0.1, -0.05) is 56.2 Å². The Morgan fingerprint density at radius 3 is 2.00 bits per heavy atom. The van der Waals surface area contributed by atoms with Crippen molar-refractivity contribution >= 4 is 15.9 Å². The molecular weight excluding hydrogens is 364 g/mol. The van der Waals surface area contributed by atoms with Crippen LogP contribution in [-0.4, -0.2) is 25.1 Å². The average Bonchev–Trinajstić information content (AvgIpc) is 3.16. The first-order chi connectivity index (χ1) is 12.9. The van der Waals surface area contributed by atoms with Crippen molar-refractivity contribution < 1.29 is 18.4 Å². The Balaban J connectivity index is 1.83. The van der Waals surface area contributed by atoms with E-state index in [-0.39, 0.29) is 4.90 Å². The number of hydrogen-bond acceptors (Lipinski definition) is 4. The molecule has 0 unspecified atom stereocenters. The number of hydroxylamine groups is 1. The van der Waals surface area contributed by atoms with Gasteiger partial charge in [0, 0.05) is 0 Å². The van der Waals surface area contributed by atoms with E-state index in [1.165, 1.54) is 17.7 Å². The van der Waals surface area contributed by atoms with Crippen molar-refractivity contribution in [3.8, 4) is 11.1 Å². The van der Waals surface area contributed by atoms with Gasteiger partial charge in [-0.25, -0.2) is 13.9 Å². The number of rotatable bonds is 6. The third kappa shape index (κ3) is 4.05. The van der Waals surface area contributed by atoms with Gasteiger partial charge in [-0.15, -0.1) is 0 Å². The van der Waals surface area contributed by atoms with Gasteiger partial charge in [0.1, 0.15) is 5.54 Å². The lowest BCUT2D eigenvalue weighted by Crippen LogP contribution is -2.56. The fourth-order valence-electron chi connectivity index (χ4n) is 3.54. The number of carbonyl (C=O) groups is 1. The quantitative estimate of drug-likeness (QED) is 0.524. The van der Waals surface area contributed by atoms with Crippen LogP contribution >= 0.6 is 0 Å². The third-order valence-corrected chi connectivity index (χ3v) is 6.74. The minimum absolute atomic E-state index is 0.0912. The number of aryl methyl sites for hydroxylation is 1. The average molecular weight is 388 g/mol. The topological polar surface area (TPSA) is 95.5 Å². The predicted molar refractivity (Wildman–Crippen MR) is 103 cm³/mol. The second-order valence-corrected chi connectivity index (χ2v) is 8.59. The molecule has 0 aliphatic heterocycles. The number of hydrogen-bond donors (Lipinski definition) is 3. The highest BCUT2D eigenvalue weighted by Crippen LogP contribution is 2.32. The number of benzene rings is 2. The zero-order valence-electron chi connectivity index (χ0n) is 15.2. The molecule has 3 N–H and O–H groups in total. The first-order valence-electron chi connectivity index (χ1n) is 9.08. The molecule has 2 aromatic rings. The van der Waals surface area contributed by atoms with Crippen LogP contribution in [0.25, 0.3) is 11.1 Å². The van der Waals surface area contributed by atoms with E-state index in [0.29, 0.717) is 12.8 Å². The molecule has 2 aromatic carbocycles. The molecule has 1 aliphatic carbocycles. The maximum atomic E-state index is 12.8. The van der Waals surface area contributed by atoms with Crippen molar-refractivity contribution in [3.05, 3.63) is 54.1 Å². The molecule has 0 saturated heterocycles. The van der Waals surface area contributed by atoms with Gasteiger partial charge < -0.3 is 0 Å². The molecule has 27 heavy (non-hydrogen) atoms. The molecule has 0 heterocycles. The standard InChI is InChI=1S/C20H24N2O4S/c1-2-15-5-7-16(8-6-15)17-9-11-18(12-10-17)27(25,26)22-20(19(23)21-24)13-3-4-14-20/h5-12,22,24H,2-4,13-14H2,1H3,(H,21,23). The SMILES string of the molecule is CCc1ccc(-c2ccc(S(=O)(=O)NC3(C(=O)NO)CCCC3)cc2)cc1. The summed E-state index contributed by atoms with van der Waals surface area (Å²) >= 11 is 0. The van der Waals surface area contributed by atoms with Crippen molar-refractivity contribution in [3.63, 3.8) is 0 Å². The highest BCUT2D eigenvalue weighted by Gasteiger charge is 2.44. The highest BCUT2D eigenvalue weighted by atomic mass is 32.2. The Bertz CT molecular complexity index is 900. The lowest BCUT2D eigenvalue weighted by Gasteiger charge is -2.27. The predicted octanol–water partition coefficient (Wildman–Crippen LogP) is 3.01. The van der Waals surface area contributed by atoms with Crippen LogP contribution < -0.4 is 10.2 Å². The summed E-state index contributed by atoms with van der Waals surface area (Å²) < 4.78 is 28.1. The minimum atomic E-state index is -3.89. The molecule has 0 bridgehead atoms. The lowest BCUT2D eigenvalue weighted by molar-refractivity contribution is -0.135. The molecule has 0 spiro atoms. The zero-order valence-corrected chi connectivity index (χ0v) is 16.1. The van der Waals surface area contributed by atoms with E-state index in [2.05, 4.69) is 23.8 Å². The molecule has 7 heteroatoms. The number of amides is 1. The molecule has 1 saturated carbocycles. The fourth-order valence-corrected chi connectivity index (χ4v) is 4.96. The van der Waals surface area contributed by atoms with Crippen LogP contribution in [-0.2, 0) is 21.2 Å². The summed E-state index contributed by atoms with van der Waals surface area (Å²) in [6, 6.07) is 14.7. The van der Waals surface area contributed by atoms with Crippen LogP contribution in [0.2, 0.25) is 0 Å². The molecule has 1 aliphatic rings. The van der Waals surface area contributed by atoms with E-state index in [4.69, 9.17) is 5.21 Å². The molecule has 1 amide bonds. The fraction of sp³-hybridized carbons (Fsp3) is 0.350. The normalized spacial score (nSPS) is 16.2. The zero-order chi connectivity index (χ0) is 19.5. The Labute approximate surface area is 159 Å². The van der Waals surface area contributed by atoms with Crippen LogP contribution in [0.4, 0.5) is 0 Å². The van der Waals surface area contributed by atoms with E-state index >= 15 is 0 Å². The van der Waals surface area contributed by atoms with Gasteiger partial charge in [0.25, 0.3) is 5.91 Å². The van der Waals surface area contributed by atoms with Crippen molar-refractivity contribution in [2.75, 3.05) is 0 Å². The second-order valence-electron chi connectivity index (χ2n) is 6.91. The highest BCUT2D eigenvalue weighted by molar-refractivity contribution is 7.89. The van der Waals surface area contributed by atoms with E-state index in [0.717, 1.165) is 30.4 Å². The summed E-state index contributed by atoms with van der Waals surface area (Å²) in [4.78, 5) is 12.1. The van der Waals surface area contributed by atoms with Gasteiger partial charge >= 0.3 is 0 Å². The number of nitrogens with one attached hydrogen (secondary N) is 2. The van der Waals surface area contributed by atoms with Crippen LogP contribution in [0.15, 0.2) is 53.4 Å². The molecule has 144 valence electrons. The largest absolute Gasteiger partial charge is 0.289 e. The van der Waals surface area contributed by atoms with Crippen LogP contribution in [0.5, 0.6) is 0 Å². The maximum Gasteiger partial charge on any atom is 0.264 e. The van der Waals surface area contributed by atoms with Crippen molar-refractivity contribution in [1.82, 2.24) is 10.2 Å². The molecular formula is C20H24N2O4S. The molecule has 0 aromatic heterocycles. The Morgan fingerprint density at radius 2 is 1.52 bits per heavy atom. The van der Waals surface area contributed by atoms with E-state index in [1.54, 1.807) is 17.6 Å². The molecule has 3 rings (SSSR count). The van der Waals surface area contributed by atoms with Crippen LogP contribution in [0.1, 0.15) is 38.2 Å². The number of sulfonamides is 1. The summed E-state index contributed by atoms with van der Waals surface area (Å²) in [7, 11) is -3.89. The second kappa shape index (κ2) is 7.80. The number of carbonyl (C=O) groups excluding carboxylic acids is 1. The van der Waals surface area contributed by atoms with Crippen LogP contribution in [0, 0.1) is 0 Å². The van der Waals surface area contributed by atoms with E-state index in [9.17, 15) is 13.2 Å². The Kier molecular flexibility index (Phi) is 5.64. The van der Waals surface area contributed by atoms with Gasteiger partial charge in [-0.3, -0.25) is 10.0 Å². The maximum absolute atomic E-state index is 12.8. The minimum Gasteiger partial charge on any atom is -0.289 e. The van der Waals surface area contributed by atoms with Crippen molar-refractivity contribution in [2.45, 2.75) is 49.5 Å². The van der Waals surface area contributed by atoms with E-state index < -0.39 is 21.5 Å². The van der Waals surface area contributed by atoms with Gasteiger partial charge in [0.15, 0.2) is 0 Å². The van der Waals surface area contributed by atoms with Gasteiger partial charge in [-0.05, 0) is 48.1 Å². The molecule has 0 atom stereocenters. The summed E-state index contributed by atoms with van der Waals surface area (Å²) in [6.07, 6.45) is 3.14. The summed E-state index contributed by atoms with van der Waals surface area (Å²) in [6.45, 7) is 2.09. The lowest BCUT2D eigenvalue weighted by atomic mass is 9.99. The monoisotopic (exact) mass is 388 g/mol. The van der Waals surface area contributed by atoms with Crippen molar-refractivity contribution in [1.29, 1.82) is 0 Å². The van der Waals surface area contributed by atoms with Gasteiger partial charge in [0.05, 0.1) is 4.90 Å². The van der Waals surface area contributed by atoms with E-state index in [1.807, 2.05) is 12.1 Å². The summed E-state index contributed by atoms with van der Waals surface area (Å²) in [5.74, 6) is -0.712. The van der Waals surface area contributed by atoms with Crippen LogP contribution in [0.3, 0.4) is 0 Å². The molecule has 1 fully saturated rings. The first kappa shape index (κ1) is 19.5.